The van der Waals surface area contributed by atoms with Gasteiger partial charge in [-0.1, -0.05) is 0 Å². The maximum Gasteiger partial charge on any atom is 0.408 e. The fourth-order valence-corrected chi connectivity index (χ4v) is 4.34. The largest absolute Gasteiger partial charge is 0.497 e. The van der Waals surface area contributed by atoms with Crippen LogP contribution in [0, 0.1) is 11.8 Å². The van der Waals surface area contributed by atoms with Crippen molar-refractivity contribution in [1.29, 1.82) is 0 Å². The molecule has 0 spiro atoms. The highest BCUT2D eigenvalue weighted by atomic mass is 19.4. The molecule has 2 fully saturated rings. The Labute approximate surface area is 134 Å². The van der Waals surface area contributed by atoms with E-state index in [9.17, 15) is 13.2 Å². The Hall–Kier alpha value is -1.43. The second-order valence-corrected chi connectivity index (χ2v) is 6.58. The first kappa shape index (κ1) is 16.4. The molecule has 0 unspecified atom stereocenters. The van der Waals surface area contributed by atoms with Gasteiger partial charge in [-0.2, -0.15) is 13.2 Å². The van der Waals surface area contributed by atoms with Crippen LogP contribution in [-0.4, -0.2) is 38.6 Å². The number of halogens is 3. The first-order valence-electron chi connectivity index (χ1n) is 7.83. The van der Waals surface area contributed by atoms with Crippen LogP contribution in [0.3, 0.4) is 0 Å². The number of nitrogens with zero attached hydrogens (tertiary/aromatic N) is 1. The number of alkyl halides is 3. The van der Waals surface area contributed by atoms with Crippen LogP contribution in [-0.2, 0) is 4.74 Å². The molecular formula is C17H22F3NO2. The summed E-state index contributed by atoms with van der Waals surface area (Å²) in [6, 6.07) is 5.45. The number of methoxy groups -OCH3 is 2. The average molecular weight is 329 g/mol. The van der Waals surface area contributed by atoms with Gasteiger partial charge in [-0.05, 0) is 55.9 Å². The molecular weight excluding hydrogens is 307 g/mol. The van der Waals surface area contributed by atoms with Crippen molar-refractivity contribution >= 4 is 5.69 Å². The molecule has 1 aromatic carbocycles. The molecule has 0 radical (unpaired) electrons. The van der Waals surface area contributed by atoms with Crippen molar-refractivity contribution < 1.29 is 22.6 Å². The van der Waals surface area contributed by atoms with Gasteiger partial charge in [-0.3, -0.25) is 0 Å². The van der Waals surface area contributed by atoms with E-state index in [4.69, 9.17) is 9.47 Å². The standard InChI is InChI=1S/C17H22F3NO2/c1-16-13(8-9-22-2)14(16)10-15(17(18,19)20)21(16)11-4-6-12(23-3)7-5-11/h4-7,13-15H,8-10H2,1-3H3/t13-,14-,15-,16+/m0/s1. The lowest BCUT2D eigenvalue weighted by atomic mass is 10.0. The van der Waals surface area contributed by atoms with Crippen LogP contribution in [0.25, 0.3) is 0 Å². The molecule has 1 heterocycles. The number of benzene rings is 1. The molecule has 0 aromatic heterocycles. The molecule has 1 aromatic rings. The summed E-state index contributed by atoms with van der Waals surface area (Å²) in [6.07, 6.45) is -3.25. The van der Waals surface area contributed by atoms with E-state index in [0.29, 0.717) is 18.0 Å². The minimum atomic E-state index is -4.22. The van der Waals surface area contributed by atoms with E-state index in [2.05, 4.69) is 0 Å². The third-order valence-electron chi connectivity index (χ3n) is 5.55. The number of anilines is 1. The van der Waals surface area contributed by atoms with Crippen molar-refractivity contribution in [2.24, 2.45) is 11.8 Å². The molecule has 2 aliphatic rings. The van der Waals surface area contributed by atoms with Crippen molar-refractivity contribution in [2.45, 2.75) is 37.5 Å². The highest BCUT2D eigenvalue weighted by Crippen LogP contribution is 2.66. The number of hydrogen-bond acceptors (Lipinski definition) is 3. The van der Waals surface area contributed by atoms with Gasteiger partial charge in [0.05, 0.1) is 7.11 Å². The zero-order chi connectivity index (χ0) is 16.8. The van der Waals surface area contributed by atoms with Crippen molar-refractivity contribution in [3.05, 3.63) is 24.3 Å². The van der Waals surface area contributed by atoms with Gasteiger partial charge >= 0.3 is 6.18 Å². The van der Waals surface area contributed by atoms with Gasteiger partial charge in [0, 0.05) is 24.9 Å². The smallest absolute Gasteiger partial charge is 0.408 e. The van der Waals surface area contributed by atoms with E-state index in [1.54, 1.807) is 43.4 Å². The van der Waals surface area contributed by atoms with Gasteiger partial charge in [0.15, 0.2) is 0 Å². The zero-order valence-electron chi connectivity index (χ0n) is 13.6. The Balaban J connectivity index is 1.90. The summed E-state index contributed by atoms with van der Waals surface area (Å²) in [4.78, 5) is 1.58. The predicted molar refractivity (Wildman–Crippen MR) is 81.8 cm³/mol. The number of fused-ring (bicyclic) bond motifs is 1. The summed E-state index contributed by atoms with van der Waals surface area (Å²) in [5.41, 5.74) is 0.172. The van der Waals surface area contributed by atoms with Crippen molar-refractivity contribution in [3.63, 3.8) is 0 Å². The van der Waals surface area contributed by atoms with Crippen molar-refractivity contribution in [2.75, 3.05) is 25.7 Å². The molecule has 0 N–H and O–H groups in total. The van der Waals surface area contributed by atoms with Crippen LogP contribution >= 0.6 is 0 Å². The van der Waals surface area contributed by atoms with Gasteiger partial charge in [0.2, 0.25) is 0 Å². The van der Waals surface area contributed by atoms with Crippen LogP contribution in [0.2, 0.25) is 0 Å². The third-order valence-corrected chi connectivity index (χ3v) is 5.55. The van der Waals surface area contributed by atoms with Gasteiger partial charge in [0.1, 0.15) is 11.8 Å². The molecule has 4 atom stereocenters. The molecule has 1 aliphatic carbocycles. The number of piperidine rings is 1. The van der Waals surface area contributed by atoms with Crippen molar-refractivity contribution in [1.82, 2.24) is 0 Å². The minimum absolute atomic E-state index is 0.0753. The Morgan fingerprint density at radius 2 is 1.87 bits per heavy atom. The van der Waals surface area contributed by atoms with Crippen LogP contribution in [0.5, 0.6) is 5.75 Å². The summed E-state index contributed by atoms with van der Waals surface area (Å²) in [5, 5.41) is 0. The first-order chi connectivity index (χ1) is 10.8. The Morgan fingerprint density at radius 3 is 2.39 bits per heavy atom. The Kier molecular flexibility index (Phi) is 3.99. The predicted octanol–water partition coefficient (Wildman–Crippen LogP) is 3.88. The number of hydrogen-bond donors (Lipinski definition) is 0. The van der Waals surface area contributed by atoms with Crippen LogP contribution < -0.4 is 9.64 Å². The van der Waals surface area contributed by atoms with E-state index in [1.165, 1.54) is 0 Å². The molecule has 0 bridgehead atoms. The Morgan fingerprint density at radius 1 is 1.22 bits per heavy atom. The van der Waals surface area contributed by atoms with Crippen LogP contribution in [0.15, 0.2) is 24.3 Å². The molecule has 1 aliphatic heterocycles. The molecule has 23 heavy (non-hydrogen) atoms. The van der Waals surface area contributed by atoms with Crippen LogP contribution in [0.1, 0.15) is 19.8 Å². The molecule has 6 heteroatoms. The van der Waals surface area contributed by atoms with E-state index < -0.39 is 17.8 Å². The van der Waals surface area contributed by atoms with E-state index in [0.717, 1.165) is 6.42 Å². The quantitative estimate of drug-likeness (QED) is 0.818. The maximum atomic E-state index is 13.5. The second kappa shape index (κ2) is 5.58. The highest BCUT2D eigenvalue weighted by molar-refractivity contribution is 5.58. The van der Waals surface area contributed by atoms with E-state index in [1.807, 2.05) is 6.92 Å². The second-order valence-electron chi connectivity index (χ2n) is 6.58. The molecule has 1 saturated carbocycles. The molecule has 3 rings (SSSR count). The summed E-state index contributed by atoms with van der Waals surface area (Å²) in [7, 11) is 3.17. The summed E-state index contributed by atoms with van der Waals surface area (Å²) in [6.45, 7) is 2.54. The Bertz CT molecular complexity index is 560. The monoisotopic (exact) mass is 329 g/mol. The van der Waals surface area contributed by atoms with Gasteiger partial charge in [0.25, 0.3) is 0 Å². The lowest BCUT2D eigenvalue weighted by Crippen LogP contribution is -2.49. The van der Waals surface area contributed by atoms with Gasteiger partial charge in [-0.15, -0.1) is 0 Å². The van der Waals surface area contributed by atoms with E-state index in [-0.39, 0.29) is 18.3 Å². The minimum Gasteiger partial charge on any atom is -0.497 e. The number of rotatable bonds is 5. The first-order valence-corrected chi connectivity index (χ1v) is 7.83. The molecule has 128 valence electrons. The average Bonchev–Trinajstić information content (AvgIpc) is 2.92. The number of ether oxygens (including phenoxy) is 2. The fraction of sp³-hybridized carbons (Fsp3) is 0.647. The topological polar surface area (TPSA) is 21.7 Å². The van der Waals surface area contributed by atoms with E-state index >= 15 is 0 Å². The maximum absolute atomic E-state index is 13.5. The van der Waals surface area contributed by atoms with Crippen molar-refractivity contribution in [3.8, 4) is 5.75 Å². The molecule has 3 nitrogen and oxygen atoms in total. The molecule has 1 saturated heterocycles. The normalized spacial score (nSPS) is 32.8. The van der Waals surface area contributed by atoms with Gasteiger partial charge < -0.3 is 14.4 Å². The fourth-order valence-electron chi connectivity index (χ4n) is 4.34. The van der Waals surface area contributed by atoms with Gasteiger partial charge in [-0.25, -0.2) is 0 Å². The molecule has 0 amide bonds. The lowest BCUT2D eigenvalue weighted by molar-refractivity contribution is -0.149. The lowest BCUT2D eigenvalue weighted by Gasteiger charge is -2.37. The highest BCUT2D eigenvalue weighted by Gasteiger charge is 2.73. The summed E-state index contributed by atoms with van der Waals surface area (Å²) < 4.78 is 50.7. The summed E-state index contributed by atoms with van der Waals surface area (Å²) >= 11 is 0. The summed E-state index contributed by atoms with van der Waals surface area (Å²) in [5.74, 6) is 0.972. The van der Waals surface area contributed by atoms with Crippen LogP contribution in [0.4, 0.5) is 18.9 Å². The SMILES string of the molecule is COCC[C@H]1[C@@H]2C[C@@H](C(F)(F)F)N(c3ccc(OC)cc3)[C@]12C. The zero-order valence-corrected chi connectivity index (χ0v) is 13.6. The third kappa shape index (κ3) is 2.57.